The molecule has 0 atom stereocenters. The maximum atomic E-state index is 12.2. The third-order valence-electron chi connectivity index (χ3n) is 2.66. The van der Waals surface area contributed by atoms with Crippen LogP contribution in [0.3, 0.4) is 0 Å². The van der Waals surface area contributed by atoms with Gasteiger partial charge in [-0.3, -0.25) is 4.72 Å². The van der Waals surface area contributed by atoms with Gasteiger partial charge < -0.3 is 5.11 Å². The van der Waals surface area contributed by atoms with Crippen molar-refractivity contribution in [1.29, 1.82) is 0 Å². The van der Waals surface area contributed by atoms with E-state index in [1.807, 2.05) is 13.0 Å². The van der Waals surface area contributed by atoms with Gasteiger partial charge in [0.2, 0.25) is 0 Å². The van der Waals surface area contributed by atoms with E-state index in [0.29, 0.717) is 5.69 Å². The first-order valence-corrected chi connectivity index (χ1v) is 7.30. The number of hydrogen-bond donors (Lipinski definition) is 2. The van der Waals surface area contributed by atoms with E-state index >= 15 is 0 Å². The van der Waals surface area contributed by atoms with E-state index in [4.69, 9.17) is 5.11 Å². The summed E-state index contributed by atoms with van der Waals surface area (Å²) in [7, 11) is -3.80. The standard InChI is InChI=1S/C14H13NO4S/c1-10-4-2-6-12(8-10)15-20(18,19)13-7-3-5-11(9-13)14(16)17/h2-9,15H,1H3,(H,16,17). The molecule has 20 heavy (non-hydrogen) atoms. The topological polar surface area (TPSA) is 83.5 Å². The molecule has 104 valence electrons. The van der Waals surface area contributed by atoms with Crippen molar-refractivity contribution < 1.29 is 18.3 Å². The minimum Gasteiger partial charge on any atom is -0.478 e. The maximum absolute atomic E-state index is 12.2. The van der Waals surface area contributed by atoms with Crippen LogP contribution in [-0.4, -0.2) is 19.5 Å². The number of sulfonamides is 1. The fraction of sp³-hybridized carbons (Fsp3) is 0.0714. The average Bonchev–Trinajstić information content (AvgIpc) is 2.38. The highest BCUT2D eigenvalue weighted by atomic mass is 32.2. The third kappa shape index (κ3) is 3.16. The summed E-state index contributed by atoms with van der Waals surface area (Å²) in [5, 5.41) is 8.89. The molecular weight excluding hydrogens is 278 g/mol. The second-order valence-electron chi connectivity index (χ2n) is 4.31. The SMILES string of the molecule is Cc1cccc(NS(=O)(=O)c2cccc(C(=O)O)c2)c1. The van der Waals surface area contributed by atoms with Crippen LogP contribution in [0.1, 0.15) is 15.9 Å². The highest BCUT2D eigenvalue weighted by molar-refractivity contribution is 7.92. The Bertz CT molecular complexity index is 753. The normalized spacial score (nSPS) is 11.1. The Kier molecular flexibility index (Phi) is 3.76. The Morgan fingerprint density at radius 2 is 1.80 bits per heavy atom. The lowest BCUT2D eigenvalue weighted by Gasteiger charge is -2.09. The van der Waals surface area contributed by atoms with Crippen LogP contribution in [0.25, 0.3) is 0 Å². The highest BCUT2D eigenvalue weighted by Crippen LogP contribution is 2.18. The van der Waals surface area contributed by atoms with Gasteiger partial charge in [0.1, 0.15) is 0 Å². The summed E-state index contributed by atoms with van der Waals surface area (Å²) in [5.74, 6) is -1.17. The van der Waals surface area contributed by atoms with E-state index in [9.17, 15) is 13.2 Å². The van der Waals surface area contributed by atoms with Crippen molar-refractivity contribution >= 4 is 21.7 Å². The summed E-state index contributed by atoms with van der Waals surface area (Å²) in [5.41, 5.74) is 1.28. The number of carboxylic acid groups (broad SMARTS) is 1. The van der Waals surface area contributed by atoms with Crippen molar-refractivity contribution in [1.82, 2.24) is 0 Å². The van der Waals surface area contributed by atoms with Gasteiger partial charge in [0.25, 0.3) is 10.0 Å². The molecule has 0 aliphatic carbocycles. The molecule has 5 nitrogen and oxygen atoms in total. The van der Waals surface area contributed by atoms with E-state index < -0.39 is 16.0 Å². The highest BCUT2D eigenvalue weighted by Gasteiger charge is 2.16. The predicted molar refractivity (Wildman–Crippen MR) is 75.4 cm³/mol. The van der Waals surface area contributed by atoms with Crippen LogP contribution < -0.4 is 4.72 Å². The summed E-state index contributed by atoms with van der Waals surface area (Å²) < 4.78 is 26.8. The zero-order chi connectivity index (χ0) is 14.8. The Labute approximate surface area is 116 Å². The van der Waals surface area contributed by atoms with Gasteiger partial charge in [0.05, 0.1) is 10.5 Å². The van der Waals surface area contributed by atoms with Gasteiger partial charge in [-0.05, 0) is 42.8 Å². The summed E-state index contributed by atoms with van der Waals surface area (Å²) in [6, 6.07) is 12.1. The Balaban J connectivity index is 2.35. The van der Waals surface area contributed by atoms with Crippen LogP contribution in [0.2, 0.25) is 0 Å². The number of anilines is 1. The Morgan fingerprint density at radius 1 is 1.10 bits per heavy atom. The Morgan fingerprint density at radius 3 is 2.45 bits per heavy atom. The lowest BCUT2D eigenvalue weighted by molar-refractivity contribution is 0.0696. The summed E-state index contributed by atoms with van der Waals surface area (Å²) in [6.07, 6.45) is 0. The molecule has 2 aromatic carbocycles. The second-order valence-corrected chi connectivity index (χ2v) is 5.99. The van der Waals surface area contributed by atoms with Crippen LogP contribution in [0.4, 0.5) is 5.69 Å². The van der Waals surface area contributed by atoms with Crippen molar-refractivity contribution in [2.24, 2.45) is 0 Å². The van der Waals surface area contributed by atoms with Crippen LogP contribution >= 0.6 is 0 Å². The molecule has 0 unspecified atom stereocenters. The lowest BCUT2D eigenvalue weighted by Crippen LogP contribution is -2.13. The number of hydrogen-bond acceptors (Lipinski definition) is 3. The molecule has 0 saturated carbocycles. The van der Waals surface area contributed by atoms with E-state index in [1.165, 1.54) is 18.2 Å². The summed E-state index contributed by atoms with van der Waals surface area (Å²) in [6.45, 7) is 1.85. The number of nitrogens with one attached hydrogen (secondary N) is 1. The molecule has 0 fully saturated rings. The van der Waals surface area contributed by atoms with Gasteiger partial charge in [-0.1, -0.05) is 18.2 Å². The first-order valence-electron chi connectivity index (χ1n) is 5.81. The molecule has 0 spiro atoms. The molecule has 0 heterocycles. The molecule has 2 aromatic rings. The monoisotopic (exact) mass is 291 g/mol. The van der Waals surface area contributed by atoms with Gasteiger partial charge in [-0.25, -0.2) is 13.2 Å². The van der Waals surface area contributed by atoms with E-state index in [0.717, 1.165) is 11.6 Å². The van der Waals surface area contributed by atoms with Crippen LogP contribution in [0, 0.1) is 6.92 Å². The van der Waals surface area contributed by atoms with Crippen molar-refractivity contribution in [2.75, 3.05) is 4.72 Å². The van der Waals surface area contributed by atoms with Gasteiger partial charge in [-0.15, -0.1) is 0 Å². The first kappa shape index (κ1) is 14.1. The van der Waals surface area contributed by atoms with Crippen LogP contribution in [-0.2, 0) is 10.0 Å². The minimum atomic E-state index is -3.80. The molecule has 0 radical (unpaired) electrons. The Hall–Kier alpha value is -2.34. The fourth-order valence-corrected chi connectivity index (χ4v) is 2.81. The van der Waals surface area contributed by atoms with E-state index in [-0.39, 0.29) is 10.5 Å². The second kappa shape index (κ2) is 5.34. The van der Waals surface area contributed by atoms with Gasteiger partial charge >= 0.3 is 5.97 Å². The third-order valence-corrected chi connectivity index (χ3v) is 4.04. The predicted octanol–water partition coefficient (Wildman–Crippen LogP) is 2.49. The van der Waals surface area contributed by atoms with Crippen LogP contribution in [0.5, 0.6) is 0 Å². The summed E-state index contributed by atoms with van der Waals surface area (Å²) in [4.78, 5) is 10.8. The first-order chi connectivity index (χ1) is 9.38. The molecule has 0 amide bonds. The smallest absolute Gasteiger partial charge is 0.335 e. The van der Waals surface area contributed by atoms with E-state index in [1.54, 1.807) is 18.2 Å². The number of carboxylic acids is 1. The molecular formula is C14H13NO4S. The van der Waals surface area contributed by atoms with Crippen molar-refractivity contribution in [3.8, 4) is 0 Å². The zero-order valence-corrected chi connectivity index (χ0v) is 11.5. The van der Waals surface area contributed by atoms with Gasteiger partial charge in [0, 0.05) is 5.69 Å². The largest absolute Gasteiger partial charge is 0.478 e. The van der Waals surface area contributed by atoms with Gasteiger partial charge in [-0.2, -0.15) is 0 Å². The molecule has 0 saturated heterocycles. The molecule has 0 bridgehead atoms. The van der Waals surface area contributed by atoms with E-state index in [2.05, 4.69) is 4.72 Å². The zero-order valence-electron chi connectivity index (χ0n) is 10.7. The van der Waals surface area contributed by atoms with Crippen LogP contribution in [0.15, 0.2) is 53.4 Å². The number of benzene rings is 2. The number of aryl methyl sites for hydroxylation is 1. The molecule has 6 heteroatoms. The maximum Gasteiger partial charge on any atom is 0.335 e. The molecule has 0 aliphatic heterocycles. The molecule has 2 rings (SSSR count). The van der Waals surface area contributed by atoms with Crippen molar-refractivity contribution in [2.45, 2.75) is 11.8 Å². The molecule has 0 aromatic heterocycles. The fourth-order valence-electron chi connectivity index (χ4n) is 1.72. The number of aromatic carboxylic acids is 1. The quantitative estimate of drug-likeness (QED) is 0.906. The van der Waals surface area contributed by atoms with Crippen molar-refractivity contribution in [3.63, 3.8) is 0 Å². The number of rotatable bonds is 4. The summed E-state index contributed by atoms with van der Waals surface area (Å²) >= 11 is 0. The lowest BCUT2D eigenvalue weighted by atomic mass is 10.2. The average molecular weight is 291 g/mol. The van der Waals surface area contributed by atoms with Crippen molar-refractivity contribution in [3.05, 3.63) is 59.7 Å². The van der Waals surface area contributed by atoms with Gasteiger partial charge in [0.15, 0.2) is 0 Å². The number of carbonyl (C=O) groups is 1. The molecule has 2 N–H and O–H groups in total. The molecule has 0 aliphatic rings. The minimum absolute atomic E-state index is 0.0721.